The number of hydrogen-bond donors (Lipinski definition) is 1. The molecule has 0 amide bonds. The van der Waals surface area contributed by atoms with E-state index in [0.717, 1.165) is 12.3 Å². The summed E-state index contributed by atoms with van der Waals surface area (Å²) >= 11 is 0. The first-order valence-electron chi connectivity index (χ1n) is 6.47. The molecule has 1 unspecified atom stereocenters. The van der Waals surface area contributed by atoms with E-state index in [0.29, 0.717) is 0 Å². The van der Waals surface area contributed by atoms with E-state index in [1.165, 1.54) is 16.7 Å². The summed E-state index contributed by atoms with van der Waals surface area (Å²) in [7, 11) is 1.72. The van der Waals surface area contributed by atoms with Crippen LogP contribution in [0.15, 0.2) is 42.7 Å². The molecule has 2 aromatic rings. The van der Waals surface area contributed by atoms with E-state index in [9.17, 15) is 0 Å². The molecule has 1 N–H and O–H groups in total. The van der Waals surface area contributed by atoms with Crippen molar-refractivity contribution < 1.29 is 4.74 Å². The summed E-state index contributed by atoms with van der Waals surface area (Å²) in [6.07, 6.45) is 3.63. The van der Waals surface area contributed by atoms with Crippen molar-refractivity contribution in [2.45, 2.75) is 26.4 Å². The Labute approximate surface area is 114 Å². The number of nitrogens with zero attached hydrogens (tertiary/aromatic N) is 1. The number of pyridine rings is 1. The number of aromatic nitrogens is 1. The summed E-state index contributed by atoms with van der Waals surface area (Å²) in [6.45, 7) is 5.04. The van der Waals surface area contributed by atoms with Gasteiger partial charge in [0, 0.05) is 30.5 Å². The monoisotopic (exact) mass is 256 g/mol. The lowest BCUT2D eigenvalue weighted by Gasteiger charge is -2.18. The molecule has 0 saturated carbocycles. The molecule has 100 valence electrons. The fraction of sp³-hybridized carbons (Fsp3) is 0.312. The first-order chi connectivity index (χ1) is 9.20. The van der Waals surface area contributed by atoms with Crippen LogP contribution < -0.4 is 10.1 Å². The van der Waals surface area contributed by atoms with Gasteiger partial charge in [-0.3, -0.25) is 4.98 Å². The Hall–Kier alpha value is -1.87. The Morgan fingerprint density at radius 1 is 1.21 bits per heavy atom. The molecule has 0 fully saturated rings. The second kappa shape index (κ2) is 6.34. The van der Waals surface area contributed by atoms with Crippen LogP contribution in [0, 0.1) is 6.92 Å². The standard InChI is InChI=1S/C16H20N2O/c1-12-4-5-15(16(10-12)19-3)13(2)18-11-14-6-8-17-9-7-14/h4-10,13,18H,11H2,1-3H3. The lowest BCUT2D eigenvalue weighted by atomic mass is 10.0. The fourth-order valence-electron chi connectivity index (χ4n) is 2.06. The maximum absolute atomic E-state index is 5.45. The third kappa shape index (κ3) is 3.55. The van der Waals surface area contributed by atoms with Crippen LogP contribution in [-0.4, -0.2) is 12.1 Å². The molecule has 1 atom stereocenters. The Morgan fingerprint density at radius 3 is 2.63 bits per heavy atom. The van der Waals surface area contributed by atoms with Crippen molar-refractivity contribution >= 4 is 0 Å². The van der Waals surface area contributed by atoms with Crippen LogP contribution >= 0.6 is 0 Å². The van der Waals surface area contributed by atoms with Crippen molar-refractivity contribution in [1.29, 1.82) is 0 Å². The molecule has 19 heavy (non-hydrogen) atoms. The molecule has 1 heterocycles. The van der Waals surface area contributed by atoms with E-state index in [-0.39, 0.29) is 6.04 Å². The molecule has 3 nitrogen and oxygen atoms in total. The largest absolute Gasteiger partial charge is 0.496 e. The summed E-state index contributed by atoms with van der Waals surface area (Å²) < 4.78 is 5.45. The average molecular weight is 256 g/mol. The number of ether oxygens (including phenoxy) is 1. The van der Waals surface area contributed by atoms with E-state index >= 15 is 0 Å². The van der Waals surface area contributed by atoms with E-state index in [1.807, 2.05) is 24.5 Å². The van der Waals surface area contributed by atoms with Crippen LogP contribution in [0.5, 0.6) is 5.75 Å². The Kier molecular flexibility index (Phi) is 4.53. The van der Waals surface area contributed by atoms with Gasteiger partial charge < -0.3 is 10.1 Å². The molecule has 0 spiro atoms. The first-order valence-corrected chi connectivity index (χ1v) is 6.47. The Balaban J connectivity index is 2.05. The Bertz CT molecular complexity index is 526. The smallest absolute Gasteiger partial charge is 0.123 e. The zero-order valence-electron chi connectivity index (χ0n) is 11.7. The maximum Gasteiger partial charge on any atom is 0.123 e. The zero-order chi connectivity index (χ0) is 13.7. The molecule has 1 aromatic heterocycles. The van der Waals surface area contributed by atoms with Gasteiger partial charge >= 0.3 is 0 Å². The lowest BCUT2D eigenvalue weighted by molar-refractivity contribution is 0.401. The molecule has 0 aliphatic heterocycles. The molecular weight excluding hydrogens is 236 g/mol. The first kappa shape index (κ1) is 13.6. The SMILES string of the molecule is COc1cc(C)ccc1C(C)NCc1ccncc1. The highest BCUT2D eigenvalue weighted by Gasteiger charge is 2.10. The fourth-order valence-corrected chi connectivity index (χ4v) is 2.06. The summed E-state index contributed by atoms with van der Waals surface area (Å²) in [5, 5.41) is 3.50. The summed E-state index contributed by atoms with van der Waals surface area (Å²) in [5.41, 5.74) is 3.62. The second-order valence-electron chi connectivity index (χ2n) is 4.70. The zero-order valence-corrected chi connectivity index (χ0v) is 11.7. The quantitative estimate of drug-likeness (QED) is 0.891. The highest BCUT2D eigenvalue weighted by atomic mass is 16.5. The van der Waals surface area contributed by atoms with Crippen LogP contribution in [0.3, 0.4) is 0 Å². The van der Waals surface area contributed by atoms with Gasteiger partial charge in [-0.05, 0) is 43.2 Å². The number of nitrogens with one attached hydrogen (secondary N) is 1. The minimum absolute atomic E-state index is 0.240. The normalized spacial score (nSPS) is 12.2. The topological polar surface area (TPSA) is 34.1 Å². The van der Waals surface area contributed by atoms with Crippen molar-refractivity contribution in [3.63, 3.8) is 0 Å². The third-order valence-electron chi connectivity index (χ3n) is 3.22. The van der Waals surface area contributed by atoms with Crippen LogP contribution in [0.2, 0.25) is 0 Å². The lowest BCUT2D eigenvalue weighted by Crippen LogP contribution is -2.18. The maximum atomic E-state index is 5.45. The highest BCUT2D eigenvalue weighted by molar-refractivity contribution is 5.39. The number of hydrogen-bond acceptors (Lipinski definition) is 3. The highest BCUT2D eigenvalue weighted by Crippen LogP contribution is 2.26. The molecule has 0 aliphatic rings. The predicted molar refractivity (Wildman–Crippen MR) is 77.2 cm³/mol. The van der Waals surface area contributed by atoms with Crippen molar-refractivity contribution in [3.8, 4) is 5.75 Å². The van der Waals surface area contributed by atoms with Gasteiger partial charge in [0.05, 0.1) is 7.11 Å². The minimum atomic E-state index is 0.240. The molecule has 0 radical (unpaired) electrons. The van der Waals surface area contributed by atoms with E-state index < -0.39 is 0 Å². The molecule has 0 bridgehead atoms. The number of rotatable bonds is 5. The van der Waals surface area contributed by atoms with Crippen molar-refractivity contribution in [2.24, 2.45) is 0 Å². The van der Waals surface area contributed by atoms with Gasteiger partial charge in [0.25, 0.3) is 0 Å². The number of benzene rings is 1. The van der Waals surface area contributed by atoms with Gasteiger partial charge in [-0.1, -0.05) is 12.1 Å². The summed E-state index contributed by atoms with van der Waals surface area (Å²) in [6, 6.07) is 10.6. The van der Waals surface area contributed by atoms with Gasteiger partial charge in [0.2, 0.25) is 0 Å². The van der Waals surface area contributed by atoms with Crippen LogP contribution in [0.1, 0.15) is 29.7 Å². The minimum Gasteiger partial charge on any atom is -0.496 e. The van der Waals surface area contributed by atoms with Crippen LogP contribution in [0.25, 0.3) is 0 Å². The van der Waals surface area contributed by atoms with Gasteiger partial charge in [0.15, 0.2) is 0 Å². The second-order valence-corrected chi connectivity index (χ2v) is 4.70. The molecule has 1 aromatic carbocycles. The molecule has 0 saturated heterocycles. The third-order valence-corrected chi connectivity index (χ3v) is 3.22. The molecule has 3 heteroatoms. The molecule has 2 rings (SSSR count). The van der Waals surface area contributed by atoms with Gasteiger partial charge in [-0.25, -0.2) is 0 Å². The van der Waals surface area contributed by atoms with E-state index in [2.05, 4.69) is 42.3 Å². The predicted octanol–water partition coefficient (Wildman–Crippen LogP) is 3.25. The van der Waals surface area contributed by atoms with Crippen molar-refractivity contribution in [2.75, 3.05) is 7.11 Å². The van der Waals surface area contributed by atoms with Gasteiger partial charge in [-0.2, -0.15) is 0 Å². The number of aryl methyl sites for hydroxylation is 1. The Morgan fingerprint density at radius 2 is 1.95 bits per heavy atom. The molecule has 0 aliphatic carbocycles. The van der Waals surface area contributed by atoms with Crippen LogP contribution in [-0.2, 0) is 6.54 Å². The van der Waals surface area contributed by atoms with Crippen LogP contribution in [0.4, 0.5) is 0 Å². The van der Waals surface area contributed by atoms with Gasteiger partial charge in [-0.15, -0.1) is 0 Å². The molecular formula is C16H20N2O. The van der Waals surface area contributed by atoms with Crippen molar-refractivity contribution in [3.05, 3.63) is 59.4 Å². The van der Waals surface area contributed by atoms with E-state index in [4.69, 9.17) is 4.74 Å². The number of methoxy groups -OCH3 is 1. The van der Waals surface area contributed by atoms with Crippen molar-refractivity contribution in [1.82, 2.24) is 10.3 Å². The summed E-state index contributed by atoms with van der Waals surface area (Å²) in [5.74, 6) is 0.940. The summed E-state index contributed by atoms with van der Waals surface area (Å²) in [4.78, 5) is 4.02. The van der Waals surface area contributed by atoms with Gasteiger partial charge in [0.1, 0.15) is 5.75 Å². The van der Waals surface area contributed by atoms with E-state index in [1.54, 1.807) is 7.11 Å². The average Bonchev–Trinajstić information content (AvgIpc) is 2.45.